The van der Waals surface area contributed by atoms with Gasteiger partial charge in [-0.05, 0) is 55.8 Å². The number of pyridine rings is 1. The van der Waals surface area contributed by atoms with E-state index in [0.29, 0.717) is 18.9 Å². The van der Waals surface area contributed by atoms with Crippen molar-refractivity contribution in [2.24, 2.45) is 0 Å². The highest BCUT2D eigenvalue weighted by molar-refractivity contribution is 5.77. The van der Waals surface area contributed by atoms with Gasteiger partial charge in [0.05, 0.1) is 18.8 Å². The Hall–Kier alpha value is -3.02. The number of rotatable bonds is 7. The normalized spacial score (nSPS) is 10.6. The highest BCUT2D eigenvalue weighted by Crippen LogP contribution is 2.17. The number of carbonyl (C=O) groups is 1. The smallest absolute Gasteiger partial charge is 0.258 e. The molecule has 6 nitrogen and oxygen atoms in total. The molecule has 0 atom stereocenters. The summed E-state index contributed by atoms with van der Waals surface area (Å²) >= 11 is 0. The zero-order chi connectivity index (χ0) is 17.6. The summed E-state index contributed by atoms with van der Waals surface area (Å²) in [5.74, 6) is 1.21. The molecule has 0 bridgehead atoms. The molecule has 2 heterocycles. The minimum atomic E-state index is -0.192. The molecule has 1 amide bonds. The van der Waals surface area contributed by atoms with Crippen LogP contribution < -0.4 is 14.8 Å². The van der Waals surface area contributed by atoms with Gasteiger partial charge >= 0.3 is 0 Å². The number of ether oxygens (including phenoxy) is 2. The molecule has 0 unspecified atom stereocenters. The summed E-state index contributed by atoms with van der Waals surface area (Å²) in [5.41, 5.74) is 2.83. The van der Waals surface area contributed by atoms with E-state index >= 15 is 0 Å². The van der Waals surface area contributed by atoms with Gasteiger partial charge in [0.15, 0.2) is 6.61 Å². The minimum Gasteiger partial charge on any atom is -0.494 e. The Morgan fingerprint density at radius 2 is 1.88 bits per heavy atom. The van der Waals surface area contributed by atoms with E-state index in [0.717, 1.165) is 22.7 Å². The first-order valence-corrected chi connectivity index (χ1v) is 8.20. The molecule has 0 saturated heterocycles. The largest absolute Gasteiger partial charge is 0.494 e. The van der Waals surface area contributed by atoms with Gasteiger partial charge in [-0.1, -0.05) is 0 Å². The van der Waals surface area contributed by atoms with Crippen LogP contribution in [-0.2, 0) is 11.3 Å². The fourth-order valence-corrected chi connectivity index (χ4v) is 2.41. The molecule has 0 aliphatic rings. The average molecular weight is 339 g/mol. The van der Waals surface area contributed by atoms with E-state index in [2.05, 4.69) is 10.3 Å². The Morgan fingerprint density at radius 1 is 1.16 bits per heavy atom. The standard InChI is InChI=1S/C19H21N3O3/c1-3-24-16-4-6-17(7-5-16)25-13-19(23)20-11-15-12-22-9-8-14(2)10-18(22)21-15/h4-10,12H,3,11,13H2,1-2H3,(H,20,23). The first-order valence-electron chi connectivity index (χ1n) is 8.20. The van der Waals surface area contributed by atoms with E-state index in [9.17, 15) is 4.79 Å². The average Bonchev–Trinajstić information content (AvgIpc) is 3.01. The molecule has 0 saturated carbocycles. The lowest BCUT2D eigenvalue weighted by Crippen LogP contribution is -2.28. The first-order chi connectivity index (χ1) is 12.1. The second-order valence-corrected chi connectivity index (χ2v) is 5.67. The number of imidazole rings is 1. The third-order valence-corrected chi connectivity index (χ3v) is 3.64. The van der Waals surface area contributed by atoms with Crippen LogP contribution in [0, 0.1) is 6.92 Å². The molecule has 0 aliphatic carbocycles. The summed E-state index contributed by atoms with van der Waals surface area (Å²) < 4.78 is 12.8. The summed E-state index contributed by atoms with van der Waals surface area (Å²) in [6.45, 7) is 4.89. The number of hydrogen-bond acceptors (Lipinski definition) is 4. The number of fused-ring (bicyclic) bond motifs is 1. The van der Waals surface area contributed by atoms with E-state index in [-0.39, 0.29) is 12.5 Å². The van der Waals surface area contributed by atoms with Crippen molar-refractivity contribution >= 4 is 11.6 Å². The molecular formula is C19H21N3O3. The van der Waals surface area contributed by atoms with Crippen LogP contribution in [0.3, 0.4) is 0 Å². The topological polar surface area (TPSA) is 64.9 Å². The van der Waals surface area contributed by atoms with Crippen molar-refractivity contribution in [2.45, 2.75) is 20.4 Å². The highest BCUT2D eigenvalue weighted by atomic mass is 16.5. The summed E-state index contributed by atoms with van der Waals surface area (Å²) in [6.07, 6.45) is 3.86. The van der Waals surface area contributed by atoms with Crippen LogP contribution in [0.1, 0.15) is 18.2 Å². The first kappa shape index (κ1) is 16.8. The number of nitrogens with zero attached hydrogens (tertiary/aromatic N) is 2. The Labute approximate surface area is 146 Å². The van der Waals surface area contributed by atoms with Crippen molar-refractivity contribution in [3.05, 3.63) is 60.0 Å². The molecule has 3 aromatic rings. The molecule has 25 heavy (non-hydrogen) atoms. The monoisotopic (exact) mass is 339 g/mol. The van der Waals surface area contributed by atoms with Crippen LogP contribution in [0.2, 0.25) is 0 Å². The summed E-state index contributed by atoms with van der Waals surface area (Å²) in [7, 11) is 0. The van der Waals surface area contributed by atoms with Crippen molar-refractivity contribution in [3.8, 4) is 11.5 Å². The lowest BCUT2D eigenvalue weighted by Gasteiger charge is -2.08. The summed E-state index contributed by atoms with van der Waals surface area (Å²) in [5, 5.41) is 2.81. The molecule has 6 heteroatoms. The van der Waals surface area contributed by atoms with E-state index in [1.807, 2.05) is 54.9 Å². The number of benzene rings is 1. The van der Waals surface area contributed by atoms with Crippen LogP contribution in [0.4, 0.5) is 0 Å². The molecule has 130 valence electrons. The number of aromatic nitrogens is 2. The highest BCUT2D eigenvalue weighted by Gasteiger charge is 2.06. The van der Waals surface area contributed by atoms with Crippen molar-refractivity contribution in [1.82, 2.24) is 14.7 Å². The predicted octanol–water partition coefficient (Wildman–Crippen LogP) is 2.74. The maximum Gasteiger partial charge on any atom is 0.258 e. The maximum absolute atomic E-state index is 11.9. The van der Waals surface area contributed by atoms with Gasteiger partial charge in [0.25, 0.3) is 5.91 Å². The third-order valence-electron chi connectivity index (χ3n) is 3.64. The van der Waals surface area contributed by atoms with Gasteiger partial charge in [0.2, 0.25) is 0 Å². The van der Waals surface area contributed by atoms with E-state index in [1.165, 1.54) is 0 Å². The van der Waals surface area contributed by atoms with Gasteiger partial charge < -0.3 is 19.2 Å². The molecule has 3 rings (SSSR count). The summed E-state index contributed by atoms with van der Waals surface area (Å²) in [6, 6.07) is 11.2. The molecule has 1 N–H and O–H groups in total. The molecule has 0 spiro atoms. The van der Waals surface area contributed by atoms with Crippen LogP contribution in [0.15, 0.2) is 48.8 Å². The van der Waals surface area contributed by atoms with Crippen molar-refractivity contribution in [2.75, 3.05) is 13.2 Å². The van der Waals surface area contributed by atoms with Crippen LogP contribution in [-0.4, -0.2) is 28.5 Å². The van der Waals surface area contributed by atoms with E-state index < -0.39 is 0 Å². The number of amides is 1. The van der Waals surface area contributed by atoms with Crippen LogP contribution >= 0.6 is 0 Å². The number of nitrogens with one attached hydrogen (secondary N) is 1. The quantitative estimate of drug-likeness (QED) is 0.719. The summed E-state index contributed by atoms with van der Waals surface area (Å²) in [4.78, 5) is 16.4. The number of aryl methyl sites for hydroxylation is 1. The fraction of sp³-hybridized carbons (Fsp3) is 0.263. The van der Waals surface area contributed by atoms with Gasteiger partial charge in [0, 0.05) is 12.4 Å². The molecule has 1 aromatic carbocycles. The Bertz CT molecular complexity index is 856. The van der Waals surface area contributed by atoms with Gasteiger partial charge in [-0.15, -0.1) is 0 Å². The van der Waals surface area contributed by atoms with Gasteiger partial charge in [-0.2, -0.15) is 0 Å². The molecular weight excluding hydrogens is 318 g/mol. The van der Waals surface area contributed by atoms with Gasteiger partial charge in [-0.25, -0.2) is 4.98 Å². The van der Waals surface area contributed by atoms with E-state index in [1.54, 1.807) is 12.1 Å². The van der Waals surface area contributed by atoms with Crippen LogP contribution in [0.5, 0.6) is 11.5 Å². The lowest BCUT2D eigenvalue weighted by atomic mass is 10.3. The van der Waals surface area contributed by atoms with Crippen molar-refractivity contribution in [1.29, 1.82) is 0 Å². The van der Waals surface area contributed by atoms with E-state index in [4.69, 9.17) is 9.47 Å². The van der Waals surface area contributed by atoms with Crippen LogP contribution in [0.25, 0.3) is 5.65 Å². The second-order valence-electron chi connectivity index (χ2n) is 5.67. The van der Waals surface area contributed by atoms with Crippen molar-refractivity contribution < 1.29 is 14.3 Å². The Kier molecular flexibility index (Phi) is 5.18. The molecule has 0 aliphatic heterocycles. The van der Waals surface area contributed by atoms with Crippen molar-refractivity contribution in [3.63, 3.8) is 0 Å². The SMILES string of the molecule is CCOc1ccc(OCC(=O)NCc2cn3ccc(C)cc3n2)cc1. The second kappa shape index (κ2) is 7.70. The molecule has 0 radical (unpaired) electrons. The molecule has 0 fully saturated rings. The van der Waals surface area contributed by atoms with Gasteiger partial charge in [-0.3, -0.25) is 4.79 Å². The Balaban J connectivity index is 1.48. The predicted molar refractivity (Wildman–Crippen MR) is 94.9 cm³/mol. The molecule has 2 aromatic heterocycles. The fourth-order valence-electron chi connectivity index (χ4n) is 2.41. The third kappa shape index (κ3) is 4.50. The Morgan fingerprint density at radius 3 is 2.60 bits per heavy atom. The zero-order valence-electron chi connectivity index (χ0n) is 14.4. The van der Waals surface area contributed by atoms with Gasteiger partial charge in [0.1, 0.15) is 17.1 Å². The maximum atomic E-state index is 11.9. The number of carbonyl (C=O) groups excluding carboxylic acids is 1. The zero-order valence-corrected chi connectivity index (χ0v) is 14.4. The minimum absolute atomic E-state index is 0.0412. The number of hydrogen-bond donors (Lipinski definition) is 1. The lowest BCUT2D eigenvalue weighted by molar-refractivity contribution is -0.123.